The molecule has 0 radical (unpaired) electrons. The van der Waals surface area contributed by atoms with Crippen LogP contribution in [0.1, 0.15) is 58.2 Å². The molecule has 2 aliphatic rings. The van der Waals surface area contributed by atoms with E-state index in [4.69, 9.17) is 35.2 Å². The maximum Gasteiger partial charge on any atom is 0.338 e. The van der Waals surface area contributed by atoms with Gasteiger partial charge in [0.05, 0.1) is 54.7 Å². The van der Waals surface area contributed by atoms with Gasteiger partial charge < -0.3 is 24.5 Å². The first-order valence-corrected chi connectivity index (χ1v) is 14.4. The predicted octanol–water partition coefficient (Wildman–Crippen LogP) is 4.56. The molecule has 0 spiro atoms. The van der Waals surface area contributed by atoms with Gasteiger partial charge in [-0.25, -0.2) is 19.2 Å². The van der Waals surface area contributed by atoms with E-state index < -0.39 is 11.8 Å². The second kappa shape index (κ2) is 12.4. The van der Waals surface area contributed by atoms with Crippen molar-refractivity contribution in [1.29, 1.82) is 5.26 Å². The standard InChI is InChI=1S/C32H33FN6O4/c1-41-32(40)22-14-26(35)31-28(15-22)39(17-24-9-12-42-24)29(37-31)18-38-10-7-21(8-11-38)27-3-2-4-30(36-27)43-19-23-13-20(16-34)5-6-25(23)33/h2-6,13-15,21,24H,7-12,17-19,35H2,1H3/t24-/m0/s1. The van der Waals surface area contributed by atoms with Crippen LogP contribution in [0, 0.1) is 17.1 Å². The number of fused-ring (bicyclic) bond motifs is 1. The van der Waals surface area contributed by atoms with E-state index >= 15 is 0 Å². The molecule has 0 amide bonds. The maximum atomic E-state index is 14.2. The zero-order chi connectivity index (χ0) is 29.9. The van der Waals surface area contributed by atoms with E-state index in [1.807, 2.05) is 18.2 Å². The highest BCUT2D eigenvalue weighted by Crippen LogP contribution is 2.31. The Morgan fingerprint density at radius 3 is 2.70 bits per heavy atom. The van der Waals surface area contributed by atoms with Gasteiger partial charge in [0, 0.05) is 29.8 Å². The molecule has 2 fully saturated rings. The third-order valence-electron chi connectivity index (χ3n) is 8.23. The molecule has 6 rings (SSSR count). The van der Waals surface area contributed by atoms with Gasteiger partial charge in [0.15, 0.2) is 0 Å². The van der Waals surface area contributed by atoms with E-state index in [0.717, 1.165) is 56.0 Å². The number of nitrogens with two attached hydrogens (primary N) is 1. The number of ether oxygens (including phenoxy) is 3. The summed E-state index contributed by atoms with van der Waals surface area (Å²) in [5, 5.41) is 9.10. The van der Waals surface area contributed by atoms with E-state index in [1.54, 1.807) is 18.2 Å². The molecule has 2 aliphatic heterocycles. The lowest BCUT2D eigenvalue weighted by Gasteiger charge is -2.32. The fraction of sp³-hybridized carbons (Fsp3) is 0.375. The number of nitrogens with zero attached hydrogens (tertiary/aromatic N) is 5. The van der Waals surface area contributed by atoms with Gasteiger partial charge in [-0.3, -0.25) is 4.90 Å². The smallest absolute Gasteiger partial charge is 0.338 e. The maximum absolute atomic E-state index is 14.2. The van der Waals surface area contributed by atoms with Crippen molar-refractivity contribution >= 4 is 22.7 Å². The second-order valence-electron chi connectivity index (χ2n) is 11.0. The zero-order valence-corrected chi connectivity index (χ0v) is 24.0. The van der Waals surface area contributed by atoms with E-state index in [0.29, 0.717) is 46.9 Å². The fourth-order valence-corrected chi connectivity index (χ4v) is 5.72. The molecule has 0 bridgehead atoms. The van der Waals surface area contributed by atoms with E-state index in [-0.39, 0.29) is 18.6 Å². The molecule has 0 aliphatic carbocycles. The Hall–Kier alpha value is -4.53. The van der Waals surface area contributed by atoms with Crippen LogP contribution in [0.2, 0.25) is 0 Å². The van der Waals surface area contributed by atoms with Crippen LogP contribution in [0.3, 0.4) is 0 Å². The molecule has 0 saturated carbocycles. The molecule has 10 nitrogen and oxygen atoms in total. The summed E-state index contributed by atoms with van der Waals surface area (Å²) in [7, 11) is 1.36. The van der Waals surface area contributed by atoms with Gasteiger partial charge in [0.25, 0.3) is 0 Å². The Balaban J connectivity index is 1.13. The van der Waals surface area contributed by atoms with Gasteiger partial charge in [-0.1, -0.05) is 6.07 Å². The molecule has 222 valence electrons. The van der Waals surface area contributed by atoms with Crippen molar-refractivity contribution in [2.24, 2.45) is 0 Å². The summed E-state index contributed by atoms with van der Waals surface area (Å²) < 4.78 is 32.8. The highest BCUT2D eigenvalue weighted by molar-refractivity contribution is 5.98. The van der Waals surface area contributed by atoms with Gasteiger partial charge in [-0.05, 0) is 68.8 Å². The van der Waals surface area contributed by atoms with Crippen molar-refractivity contribution in [2.75, 3.05) is 32.5 Å². The molecule has 11 heteroatoms. The summed E-state index contributed by atoms with van der Waals surface area (Å²) >= 11 is 0. The number of hydrogen-bond donors (Lipinski definition) is 1. The number of rotatable bonds is 9. The summed E-state index contributed by atoms with van der Waals surface area (Å²) in [5.74, 6) is 0.728. The average molecular weight is 585 g/mol. The van der Waals surface area contributed by atoms with Crippen LogP contribution in [0.15, 0.2) is 48.5 Å². The number of methoxy groups -OCH3 is 1. The first kappa shape index (κ1) is 28.6. The van der Waals surface area contributed by atoms with Gasteiger partial charge in [-0.15, -0.1) is 0 Å². The Morgan fingerprint density at radius 2 is 1.98 bits per heavy atom. The van der Waals surface area contributed by atoms with Crippen LogP contribution in [0.5, 0.6) is 5.88 Å². The van der Waals surface area contributed by atoms with Gasteiger partial charge in [0.1, 0.15) is 23.8 Å². The molecule has 2 N–H and O–H groups in total. The first-order chi connectivity index (χ1) is 20.9. The van der Waals surface area contributed by atoms with Crippen molar-refractivity contribution in [2.45, 2.75) is 51.0 Å². The number of nitriles is 1. The highest BCUT2D eigenvalue weighted by atomic mass is 19.1. The quantitative estimate of drug-likeness (QED) is 0.222. The molecule has 0 unspecified atom stereocenters. The fourth-order valence-electron chi connectivity index (χ4n) is 5.72. The van der Waals surface area contributed by atoms with Crippen LogP contribution in [-0.4, -0.2) is 58.3 Å². The Labute approximate surface area is 248 Å². The number of benzene rings is 2. The Kier molecular flexibility index (Phi) is 8.22. The van der Waals surface area contributed by atoms with Crippen LogP contribution in [-0.2, 0) is 29.2 Å². The van der Waals surface area contributed by atoms with Gasteiger partial charge in [-0.2, -0.15) is 5.26 Å². The third kappa shape index (κ3) is 6.16. The number of esters is 1. The van der Waals surface area contributed by atoms with Gasteiger partial charge >= 0.3 is 5.97 Å². The molecule has 2 saturated heterocycles. The largest absolute Gasteiger partial charge is 0.473 e. The number of hydrogen-bond acceptors (Lipinski definition) is 9. The third-order valence-corrected chi connectivity index (χ3v) is 8.23. The van der Waals surface area contributed by atoms with Crippen LogP contribution in [0.25, 0.3) is 11.0 Å². The number of piperidine rings is 1. The molecule has 2 aromatic carbocycles. The highest BCUT2D eigenvalue weighted by Gasteiger charge is 2.27. The van der Waals surface area contributed by atoms with Crippen molar-refractivity contribution in [3.63, 3.8) is 0 Å². The first-order valence-electron chi connectivity index (χ1n) is 14.4. The number of carbonyl (C=O) groups excluding carboxylic acids is 1. The molecule has 1 atom stereocenters. The van der Waals surface area contributed by atoms with Gasteiger partial charge in [0.2, 0.25) is 5.88 Å². The monoisotopic (exact) mass is 584 g/mol. The molecule has 4 aromatic rings. The number of likely N-dealkylation sites (tertiary alicyclic amines) is 1. The molecular formula is C32H33FN6O4. The summed E-state index contributed by atoms with van der Waals surface area (Å²) in [6, 6.07) is 15.3. The topological polar surface area (TPSA) is 129 Å². The average Bonchev–Trinajstić information content (AvgIpc) is 3.35. The van der Waals surface area contributed by atoms with E-state index in [2.05, 4.69) is 9.47 Å². The predicted molar refractivity (Wildman–Crippen MR) is 157 cm³/mol. The number of nitrogen functional groups attached to an aromatic ring is 1. The Morgan fingerprint density at radius 1 is 1.16 bits per heavy atom. The second-order valence-corrected chi connectivity index (χ2v) is 11.0. The molecular weight excluding hydrogens is 551 g/mol. The van der Waals surface area contributed by atoms with Crippen molar-refractivity contribution < 1.29 is 23.4 Å². The number of anilines is 1. The summed E-state index contributed by atoms with van der Waals surface area (Å²) in [5.41, 5.74) is 10.3. The van der Waals surface area contributed by atoms with E-state index in [1.165, 1.54) is 25.3 Å². The lowest BCUT2D eigenvalue weighted by Crippen LogP contribution is -2.35. The lowest BCUT2D eigenvalue weighted by atomic mass is 9.93. The summed E-state index contributed by atoms with van der Waals surface area (Å²) in [6.45, 7) is 3.75. The molecule has 4 heterocycles. The minimum atomic E-state index is -0.437. The minimum Gasteiger partial charge on any atom is -0.473 e. The van der Waals surface area contributed by atoms with E-state index in [9.17, 15) is 9.18 Å². The van der Waals surface area contributed by atoms with Crippen molar-refractivity contribution in [3.05, 3.63) is 82.6 Å². The molecule has 43 heavy (non-hydrogen) atoms. The SMILES string of the molecule is COC(=O)c1cc(N)c2nc(CN3CCC(c4cccc(OCc5cc(C#N)ccc5F)n4)CC3)n(C[C@@H]3CCO3)c2c1. The minimum absolute atomic E-state index is 0.00517. The number of pyridine rings is 1. The van der Waals surface area contributed by atoms with Crippen molar-refractivity contribution in [3.8, 4) is 11.9 Å². The number of halogens is 1. The number of imidazole rings is 1. The van der Waals surface area contributed by atoms with Crippen LogP contribution >= 0.6 is 0 Å². The van der Waals surface area contributed by atoms with Crippen LogP contribution in [0.4, 0.5) is 10.1 Å². The number of carbonyl (C=O) groups is 1. The summed E-state index contributed by atoms with van der Waals surface area (Å²) in [4.78, 5) is 24.3. The molecule has 2 aromatic heterocycles. The normalized spacial score (nSPS) is 17.4. The van der Waals surface area contributed by atoms with Crippen molar-refractivity contribution in [1.82, 2.24) is 19.4 Å². The zero-order valence-electron chi connectivity index (χ0n) is 24.0. The Bertz CT molecular complexity index is 1690. The van der Waals surface area contributed by atoms with Crippen LogP contribution < -0.4 is 10.5 Å². The number of aromatic nitrogens is 3. The lowest BCUT2D eigenvalue weighted by molar-refractivity contribution is -0.0592. The summed E-state index contributed by atoms with van der Waals surface area (Å²) in [6.07, 6.45) is 2.91.